The zero-order valence-corrected chi connectivity index (χ0v) is 6.95. The molecule has 0 unspecified atom stereocenters. The third kappa shape index (κ3) is 2.80. The normalized spacial score (nSPS) is 9.75. The largest absolute Gasteiger partial charge is 0.491 e. The second-order valence-electron chi connectivity index (χ2n) is 2.31. The summed E-state index contributed by atoms with van der Waals surface area (Å²) in [4.78, 5) is 0. The van der Waals surface area contributed by atoms with Crippen molar-refractivity contribution in [2.75, 3.05) is 20.3 Å². The molecule has 0 fully saturated rings. The van der Waals surface area contributed by atoms with E-state index in [1.807, 2.05) is 0 Å². The summed E-state index contributed by atoms with van der Waals surface area (Å²) in [6.45, 7) is 1.06. The summed E-state index contributed by atoms with van der Waals surface area (Å²) >= 11 is 0. The van der Waals surface area contributed by atoms with Crippen molar-refractivity contribution in [3.8, 4) is 11.5 Å². The molecule has 0 aliphatic rings. The highest BCUT2D eigenvalue weighted by molar-refractivity contribution is 5.29. The summed E-state index contributed by atoms with van der Waals surface area (Å²) in [6, 6.07) is 6.25. The number of rotatable bonds is 4. The number of methoxy groups -OCH3 is 1. The molecule has 0 saturated heterocycles. The highest BCUT2D eigenvalue weighted by Gasteiger charge is 1.93. The fraction of sp³-hybridized carbons (Fsp3) is 0.333. The Morgan fingerprint density at radius 1 is 1.17 bits per heavy atom. The molecular weight excluding hydrogens is 156 g/mol. The van der Waals surface area contributed by atoms with Crippen LogP contribution in [0.2, 0.25) is 0 Å². The topological polar surface area (TPSA) is 38.4 Å². The Labute approximate surface area is 71.5 Å². The second-order valence-corrected chi connectivity index (χ2v) is 2.31. The van der Waals surface area contributed by atoms with Gasteiger partial charge in [0.2, 0.25) is 0 Å². The van der Waals surface area contributed by atoms with Crippen molar-refractivity contribution in [2.24, 2.45) is 0 Å². The minimum Gasteiger partial charge on any atom is -0.491 e. The maximum atomic E-state index is 10.7. The molecule has 0 aliphatic heterocycles. The van der Waals surface area contributed by atoms with Gasteiger partial charge in [0.25, 0.3) is 0 Å². The zero-order chi connectivity index (χ0) is 8.81. The smallest absolute Gasteiger partial charge is 0.178 e. The lowest BCUT2D eigenvalue weighted by atomic mass is 10.3. The molecule has 3 nitrogen and oxygen atoms in total. The molecule has 12 heavy (non-hydrogen) atoms. The third-order valence-electron chi connectivity index (χ3n) is 1.38. The molecule has 3 heteroatoms. The molecule has 0 aromatic heterocycles. The van der Waals surface area contributed by atoms with E-state index < -0.39 is 0 Å². The summed E-state index contributed by atoms with van der Waals surface area (Å²) in [7, 11) is 1.62. The van der Waals surface area contributed by atoms with Crippen LogP contribution in [0.15, 0.2) is 24.3 Å². The molecule has 1 aromatic carbocycles. The Balaban J connectivity index is 2.37. The van der Waals surface area contributed by atoms with Crippen molar-refractivity contribution in [1.82, 2.24) is 0 Å². The average molecular weight is 167 g/mol. The molecule has 1 aromatic rings. The van der Waals surface area contributed by atoms with Crippen molar-refractivity contribution >= 4 is 0 Å². The first-order valence-corrected chi connectivity index (χ1v) is 3.72. The van der Waals surface area contributed by atoms with Crippen LogP contribution in [-0.2, 0) is 9.84 Å². The van der Waals surface area contributed by atoms with E-state index in [2.05, 4.69) is 0 Å². The number of ether oxygens (including phenoxy) is 2. The van der Waals surface area contributed by atoms with Crippen LogP contribution in [-0.4, -0.2) is 20.3 Å². The van der Waals surface area contributed by atoms with Crippen molar-refractivity contribution < 1.29 is 14.6 Å². The Kier molecular flexibility index (Phi) is 3.41. The molecule has 1 rings (SSSR count). The SMILES string of the molecule is COCCOc1ccc([O])cc1. The first kappa shape index (κ1) is 8.87. The monoisotopic (exact) mass is 167 g/mol. The Morgan fingerprint density at radius 3 is 2.42 bits per heavy atom. The van der Waals surface area contributed by atoms with Gasteiger partial charge in [-0.25, -0.2) is 0 Å². The van der Waals surface area contributed by atoms with Crippen LogP contribution >= 0.6 is 0 Å². The van der Waals surface area contributed by atoms with Gasteiger partial charge in [0, 0.05) is 7.11 Å². The summed E-state index contributed by atoms with van der Waals surface area (Å²) in [5.41, 5.74) is 0. The lowest BCUT2D eigenvalue weighted by Crippen LogP contribution is -2.03. The van der Waals surface area contributed by atoms with Gasteiger partial charge in [-0.05, 0) is 24.3 Å². The van der Waals surface area contributed by atoms with E-state index in [1.165, 1.54) is 12.1 Å². The highest BCUT2D eigenvalue weighted by Crippen LogP contribution is 2.15. The van der Waals surface area contributed by atoms with Gasteiger partial charge in [-0.3, -0.25) is 5.11 Å². The van der Waals surface area contributed by atoms with Crippen molar-refractivity contribution in [3.63, 3.8) is 0 Å². The molecule has 0 spiro atoms. The fourth-order valence-electron chi connectivity index (χ4n) is 0.779. The van der Waals surface area contributed by atoms with Crippen molar-refractivity contribution in [3.05, 3.63) is 24.3 Å². The first-order valence-electron chi connectivity index (χ1n) is 3.72. The van der Waals surface area contributed by atoms with Crippen LogP contribution in [0.4, 0.5) is 0 Å². The Morgan fingerprint density at radius 2 is 1.83 bits per heavy atom. The van der Waals surface area contributed by atoms with Gasteiger partial charge >= 0.3 is 0 Å². The maximum absolute atomic E-state index is 10.7. The van der Waals surface area contributed by atoms with E-state index in [-0.39, 0.29) is 5.75 Å². The summed E-state index contributed by atoms with van der Waals surface area (Å²) in [6.07, 6.45) is 0. The lowest BCUT2D eigenvalue weighted by Gasteiger charge is -2.03. The van der Waals surface area contributed by atoms with Crippen LogP contribution in [0.1, 0.15) is 0 Å². The Hall–Kier alpha value is -1.22. The predicted octanol–water partition coefficient (Wildman–Crippen LogP) is 1.86. The minimum absolute atomic E-state index is 0.00547. The summed E-state index contributed by atoms with van der Waals surface area (Å²) in [5.74, 6) is 0.695. The lowest BCUT2D eigenvalue weighted by molar-refractivity contribution is 0.146. The standard InChI is InChI=1S/C9H11O3/c1-11-6-7-12-9-4-2-8(10)3-5-9/h2-5H,6-7H2,1H3. The number of hydrogen-bond donors (Lipinski definition) is 0. The average Bonchev–Trinajstić information content (AvgIpc) is 2.09. The van der Waals surface area contributed by atoms with E-state index in [9.17, 15) is 5.11 Å². The summed E-state index contributed by atoms with van der Waals surface area (Å²) < 4.78 is 10.0. The van der Waals surface area contributed by atoms with Gasteiger partial charge in [-0.15, -0.1) is 0 Å². The van der Waals surface area contributed by atoms with Gasteiger partial charge < -0.3 is 9.47 Å². The quantitative estimate of drug-likeness (QED) is 0.642. The molecule has 0 heterocycles. The Bertz CT molecular complexity index is 218. The molecule has 0 amide bonds. The molecular formula is C9H11O3. The van der Waals surface area contributed by atoms with Crippen LogP contribution in [0.3, 0.4) is 0 Å². The number of benzene rings is 1. The van der Waals surface area contributed by atoms with Gasteiger partial charge in [-0.2, -0.15) is 0 Å². The summed E-state index contributed by atoms with van der Waals surface area (Å²) in [5, 5.41) is 10.7. The fourth-order valence-corrected chi connectivity index (χ4v) is 0.779. The molecule has 0 N–H and O–H groups in total. The predicted molar refractivity (Wildman–Crippen MR) is 43.9 cm³/mol. The van der Waals surface area contributed by atoms with Crippen LogP contribution in [0.5, 0.6) is 11.5 Å². The van der Waals surface area contributed by atoms with Crippen LogP contribution in [0, 0.1) is 0 Å². The van der Waals surface area contributed by atoms with E-state index in [1.54, 1.807) is 19.2 Å². The maximum Gasteiger partial charge on any atom is 0.178 e. The van der Waals surface area contributed by atoms with Crippen molar-refractivity contribution in [2.45, 2.75) is 0 Å². The van der Waals surface area contributed by atoms with E-state index >= 15 is 0 Å². The highest BCUT2D eigenvalue weighted by atomic mass is 16.5. The molecule has 1 radical (unpaired) electrons. The van der Waals surface area contributed by atoms with Gasteiger partial charge in [0.05, 0.1) is 6.61 Å². The minimum atomic E-state index is -0.00547. The molecule has 0 saturated carbocycles. The third-order valence-corrected chi connectivity index (χ3v) is 1.38. The zero-order valence-electron chi connectivity index (χ0n) is 6.95. The van der Waals surface area contributed by atoms with Gasteiger partial charge in [0.1, 0.15) is 12.4 Å². The van der Waals surface area contributed by atoms with Gasteiger partial charge in [-0.1, -0.05) is 0 Å². The van der Waals surface area contributed by atoms with Gasteiger partial charge in [0.15, 0.2) is 5.75 Å². The second kappa shape index (κ2) is 4.62. The number of hydrogen-bond acceptors (Lipinski definition) is 2. The molecule has 0 bridgehead atoms. The van der Waals surface area contributed by atoms with Crippen LogP contribution in [0.25, 0.3) is 0 Å². The molecule has 0 aliphatic carbocycles. The molecule has 0 atom stereocenters. The van der Waals surface area contributed by atoms with E-state index in [0.717, 1.165) is 0 Å². The molecule has 65 valence electrons. The van der Waals surface area contributed by atoms with E-state index in [4.69, 9.17) is 9.47 Å². The van der Waals surface area contributed by atoms with E-state index in [0.29, 0.717) is 19.0 Å². The van der Waals surface area contributed by atoms with Crippen LogP contribution < -0.4 is 4.74 Å². The first-order chi connectivity index (χ1) is 5.83. The van der Waals surface area contributed by atoms with Crippen molar-refractivity contribution in [1.29, 1.82) is 0 Å².